The van der Waals surface area contributed by atoms with Gasteiger partial charge in [0.15, 0.2) is 0 Å². The van der Waals surface area contributed by atoms with E-state index in [1.165, 1.54) is 0 Å². The van der Waals surface area contributed by atoms with Crippen molar-refractivity contribution < 1.29 is 77.5 Å². The first-order valence-corrected chi connectivity index (χ1v) is 4.88. The van der Waals surface area contributed by atoms with Gasteiger partial charge < -0.3 is 17.8 Å². The van der Waals surface area contributed by atoms with Crippen LogP contribution in [-0.4, -0.2) is 62.1 Å². The summed E-state index contributed by atoms with van der Waals surface area (Å²) in [7, 11) is 0. The zero-order valence-corrected chi connectivity index (χ0v) is 12.6. The Morgan fingerprint density at radius 1 is 0.882 bits per heavy atom. The molecule has 0 aromatic rings. The molecule has 0 unspecified atom stereocenters. The molecule has 2 nitrogen and oxygen atoms in total. The summed E-state index contributed by atoms with van der Waals surface area (Å²) < 4.78 is 72.0. The molecule has 1 heterocycles. The smallest absolute Gasteiger partial charge is 0.448 e. The summed E-state index contributed by atoms with van der Waals surface area (Å²) in [5, 5.41) is 0. The van der Waals surface area contributed by atoms with Gasteiger partial charge in [0.2, 0.25) is 0 Å². The average Bonchev–Trinajstić information content (AvgIpc) is 2.03. The van der Waals surface area contributed by atoms with Gasteiger partial charge in [0.05, 0.1) is 6.54 Å². The van der Waals surface area contributed by atoms with Crippen LogP contribution in [0.5, 0.6) is 0 Å². The van der Waals surface area contributed by atoms with Gasteiger partial charge >= 0.3 is 64.5 Å². The van der Waals surface area contributed by atoms with Gasteiger partial charge in [-0.2, -0.15) is 13.2 Å². The van der Waals surface area contributed by atoms with Crippen molar-refractivity contribution in [1.82, 2.24) is 9.80 Å². The maximum absolute atomic E-state index is 12.0. The Bertz CT molecular complexity index is 201. The number of hydrogen-bond donors (Lipinski definition) is 0. The molecule has 0 aliphatic carbocycles. The van der Waals surface area contributed by atoms with Crippen LogP contribution >= 0.6 is 0 Å². The quantitative estimate of drug-likeness (QED) is 0.463. The van der Waals surface area contributed by atoms with E-state index in [4.69, 9.17) is 0 Å². The molecule has 0 aromatic heterocycles. The summed E-state index contributed by atoms with van der Waals surface area (Å²) in [4.78, 5) is 2.27. The first kappa shape index (κ1) is 18.2. The zero-order chi connectivity index (χ0) is 12.4. The molecule has 0 aromatic carbocycles. The van der Waals surface area contributed by atoms with E-state index in [1.54, 1.807) is 0 Å². The zero-order valence-electron chi connectivity index (χ0n) is 9.48. The van der Waals surface area contributed by atoms with Crippen LogP contribution in [0.4, 0.5) is 26.1 Å². The van der Waals surface area contributed by atoms with Crippen LogP contribution in [0, 0.1) is 0 Å². The average molecular weight is 288 g/mol. The number of alkyl halides is 3. The molecule has 1 rings (SSSR count). The number of hydrogen-bond acceptors (Lipinski definition) is 2. The first-order valence-electron chi connectivity index (χ1n) is 4.88. The number of piperazine rings is 1. The molecule has 1 saturated heterocycles. The van der Waals surface area contributed by atoms with Crippen molar-refractivity contribution in [3.8, 4) is 0 Å². The summed E-state index contributed by atoms with van der Waals surface area (Å²) in [6.45, 7) is -5.79. The minimum absolute atomic E-state index is 0. The molecule has 0 N–H and O–H groups in total. The molecule has 10 heteroatoms. The molecule has 0 radical (unpaired) electrons. The van der Waals surface area contributed by atoms with Crippen LogP contribution in [0.15, 0.2) is 0 Å². The summed E-state index contributed by atoms with van der Waals surface area (Å²) in [6.07, 6.45) is -5.27. The van der Waals surface area contributed by atoms with Crippen LogP contribution in [0.25, 0.3) is 0 Å². The monoisotopic (exact) mass is 288 g/mol. The van der Waals surface area contributed by atoms with Crippen molar-refractivity contribution in [3.05, 3.63) is 0 Å². The molecule has 17 heavy (non-hydrogen) atoms. The van der Waals surface area contributed by atoms with E-state index in [0.717, 1.165) is 9.80 Å². The third-order valence-electron chi connectivity index (χ3n) is 2.33. The fraction of sp³-hybridized carbons (Fsp3) is 1.00. The molecule has 1 aliphatic rings. The number of rotatable bonds is 3. The topological polar surface area (TPSA) is 6.48 Å². The standard InChI is InChI=1S/C7H12BF6N2.K/c9-7(10,11)5-15-1-3-16(4-2-15)6-8(12,13)14;/h1-6H2;/q-1;+1. The molecule has 0 saturated carbocycles. The minimum Gasteiger partial charge on any atom is -0.448 e. The summed E-state index contributed by atoms with van der Waals surface area (Å²) >= 11 is 0. The van der Waals surface area contributed by atoms with Gasteiger partial charge in [0, 0.05) is 26.2 Å². The van der Waals surface area contributed by atoms with Crippen LogP contribution in [0.2, 0.25) is 0 Å². The van der Waals surface area contributed by atoms with Crippen molar-refractivity contribution >= 4 is 6.98 Å². The van der Waals surface area contributed by atoms with Gasteiger partial charge in [0.1, 0.15) is 0 Å². The van der Waals surface area contributed by atoms with E-state index in [9.17, 15) is 26.1 Å². The Labute approximate surface area is 138 Å². The van der Waals surface area contributed by atoms with Crippen LogP contribution in [0.3, 0.4) is 0 Å². The normalized spacial score (nSPS) is 20.1. The fourth-order valence-corrected chi connectivity index (χ4v) is 1.68. The van der Waals surface area contributed by atoms with E-state index in [2.05, 4.69) is 0 Å². The molecule has 0 amide bonds. The van der Waals surface area contributed by atoms with Crippen LogP contribution in [0.1, 0.15) is 0 Å². The van der Waals surface area contributed by atoms with Gasteiger partial charge in [-0.05, 0) is 6.44 Å². The molecular weight excluding hydrogens is 276 g/mol. The minimum atomic E-state index is -4.89. The molecule has 0 spiro atoms. The van der Waals surface area contributed by atoms with E-state index in [-0.39, 0.29) is 77.6 Å². The number of nitrogens with zero attached hydrogens (tertiary/aromatic N) is 2. The van der Waals surface area contributed by atoms with Gasteiger partial charge in [0.25, 0.3) is 0 Å². The maximum atomic E-state index is 12.0. The number of halogens is 6. The van der Waals surface area contributed by atoms with Crippen LogP contribution < -0.4 is 51.4 Å². The first-order chi connectivity index (χ1) is 7.16. The molecular formula is C7H12BF6KN2. The molecule has 1 fully saturated rings. The van der Waals surface area contributed by atoms with Crippen molar-refractivity contribution in [1.29, 1.82) is 0 Å². The summed E-state index contributed by atoms with van der Waals surface area (Å²) in [5.41, 5.74) is 0. The van der Waals surface area contributed by atoms with Gasteiger partial charge in [-0.1, -0.05) is 0 Å². The fourth-order valence-electron chi connectivity index (χ4n) is 1.68. The van der Waals surface area contributed by atoms with Crippen molar-refractivity contribution in [2.45, 2.75) is 6.18 Å². The third kappa shape index (κ3) is 8.84. The van der Waals surface area contributed by atoms with Crippen molar-refractivity contribution in [2.75, 3.05) is 39.2 Å². The van der Waals surface area contributed by atoms with E-state index in [1.807, 2.05) is 0 Å². The largest absolute Gasteiger partial charge is 1.00 e. The Hall–Kier alpha value is 1.20. The predicted molar refractivity (Wildman–Crippen MR) is 48.0 cm³/mol. The molecule has 96 valence electrons. The Morgan fingerprint density at radius 3 is 1.65 bits per heavy atom. The SMILES string of the molecule is F[B-](F)(F)CN1CCN(CC(F)(F)F)CC1.[K+]. The maximum Gasteiger partial charge on any atom is 1.00 e. The second-order valence-corrected chi connectivity index (χ2v) is 3.90. The molecule has 0 atom stereocenters. The van der Waals surface area contributed by atoms with Gasteiger partial charge in [-0.15, -0.1) is 0 Å². The van der Waals surface area contributed by atoms with E-state index in [0.29, 0.717) is 0 Å². The second-order valence-electron chi connectivity index (χ2n) is 3.90. The second kappa shape index (κ2) is 7.11. The van der Waals surface area contributed by atoms with E-state index < -0.39 is 26.1 Å². The summed E-state index contributed by atoms with van der Waals surface area (Å²) in [6, 6.07) is 0. The Morgan fingerprint density at radius 2 is 1.29 bits per heavy atom. The Kier molecular flexibility index (Phi) is 7.61. The molecule has 0 bridgehead atoms. The van der Waals surface area contributed by atoms with Crippen molar-refractivity contribution in [2.24, 2.45) is 0 Å². The third-order valence-corrected chi connectivity index (χ3v) is 2.33. The van der Waals surface area contributed by atoms with Gasteiger partial charge in [-0.3, -0.25) is 4.90 Å². The molecule has 1 aliphatic heterocycles. The van der Waals surface area contributed by atoms with Crippen molar-refractivity contribution in [3.63, 3.8) is 0 Å². The van der Waals surface area contributed by atoms with Crippen LogP contribution in [-0.2, 0) is 0 Å². The Balaban J connectivity index is 0.00000256. The van der Waals surface area contributed by atoms with E-state index >= 15 is 0 Å². The summed E-state index contributed by atoms with van der Waals surface area (Å²) in [5.74, 6) is 0. The predicted octanol–water partition coefficient (Wildman–Crippen LogP) is -1.44. The van der Waals surface area contributed by atoms with Gasteiger partial charge in [-0.25, -0.2) is 0 Å².